The van der Waals surface area contributed by atoms with Gasteiger partial charge in [0.1, 0.15) is 5.75 Å². The highest BCUT2D eigenvalue weighted by Crippen LogP contribution is 2.22. The predicted octanol–water partition coefficient (Wildman–Crippen LogP) is 4.74. The van der Waals surface area contributed by atoms with Gasteiger partial charge in [0.05, 0.1) is 27.9 Å². The molecule has 0 fully saturated rings. The number of alkyl halides is 2. The van der Waals surface area contributed by atoms with Gasteiger partial charge in [0, 0.05) is 19.5 Å². The molecule has 1 atom stereocenters. The number of aromatic nitrogens is 1. The average Bonchev–Trinajstić information content (AvgIpc) is 3.17. The van der Waals surface area contributed by atoms with Gasteiger partial charge in [-0.25, -0.2) is 4.98 Å². The van der Waals surface area contributed by atoms with E-state index in [9.17, 15) is 13.9 Å². The van der Waals surface area contributed by atoms with Crippen molar-refractivity contribution in [3.05, 3.63) is 59.1 Å². The van der Waals surface area contributed by atoms with Crippen molar-refractivity contribution < 1.29 is 18.6 Å². The summed E-state index contributed by atoms with van der Waals surface area (Å²) in [6.07, 6.45) is 0.929. The summed E-state index contributed by atoms with van der Waals surface area (Å²) >= 11 is 1.71. The van der Waals surface area contributed by atoms with E-state index >= 15 is 0 Å². The normalized spacial score (nSPS) is 12.5. The van der Waals surface area contributed by atoms with Crippen LogP contribution < -0.4 is 15.4 Å². The number of rotatable bonds is 10. The SMILES string of the molecule is CCNC(=NCC(O)c1ccc(OC(F)F)cc1)NCCCc1nc2ccccc2s1.I. The minimum Gasteiger partial charge on any atom is -0.435 e. The number of hydrogen-bond donors (Lipinski definition) is 3. The van der Waals surface area contributed by atoms with Gasteiger partial charge in [-0.05, 0) is 43.2 Å². The molecular formula is C22H27F2IN4O2S. The molecule has 1 aromatic heterocycles. The second-order valence-electron chi connectivity index (χ2n) is 6.79. The van der Waals surface area contributed by atoms with Crippen LogP contribution in [0.1, 0.15) is 30.0 Å². The molecular weight excluding hydrogens is 549 g/mol. The van der Waals surface area contributed by atoms with E-state index in [-0.39, 0.29) is 36.3 Å². The van der Waals surface area contributed by atoms with Gasteiger partial charge in [-0.3, -0.25) is 4.99 Å². The average molecular weight is 576 g/mol. The lowest BCUT2D eigenvalue weighted by Crippen LogP contribution is -2.38. The molecule has 1 heterocycles. The van der Waals surface area contributed by atoms with Crippen LogP contribution in [0.25, 0.3) is 10.2 Å². The maximum Gasteiger partial charge on any atom is 0.387 e. The molecule has 0 aliphatic carbocycles. The number of guanidine groups is 1. The number of aryl methyl sites for hydroxylation is 1. The van der Waals surface area contributed by atoms with Gasteiger partial charge in [0.2, 0.25) is 0 Å². The number of nitrogens with one attached hydrogen (secondary N) is 2. The van der Waals surface area contributed by atoms with Crippen molar-refractivity contribution in [2.75, 3.05) is 19.6 Å². The molecule has 6 nitrogen and oxygen atoms in total. The molecule has 0 bridgehead atoms. The molecule has 0 saturated heterocycles. The van der Waals surface area contributed by atoms with Crippen LogP contribution in [0, 0.1) is 0 Å². The number of benzene rings is 2. The molecule has 3 rings (SSSR count). The standard InChI is InChI=1S/C22H26F2N4O2S.HI/c1-2-25-22(26-13-5-8-20-28-17-6-3-4-7-19(17)31-20)27-14-18(29)15-9-11-16(12-10-15)30-21(23)24;/h3-4,6-7,9-12,18,21,29H,2,5,8,13-14H2,1H3,(H2,25,26,27);1H. The van der Waals surface area contributed by atoms with E-state index in [4.69, 9.17) is 0 Å². The number of aliphatic hydroxyl groups excluding tert-OH is 1. The first-order valence-electron chi connectivity index (χ1n) is 10.1. The van der Waals surface area contributed by atoms with E-state index in [0.29, 0.717) is 18.1 Å². The molecule has 32 heavy (non-hydrogen) atoms. The Balaban J connectivity index is 0.00000363. The molecule has 3 aromatic rings. The summed E-state index contributed by atoms with van der Waals surface area (Å²) in [5.74, 6) is 0.668. The third-order valence-electron chi connectivity index (χ3n) is 4.45. The van der Waals surface area contributed by atoms with Crippen molar-refractivity contribution in [3.8, 4) is 5.75 Å². The van der Waals surface area contributed by atoms with Gasteiger partial charge in [-0.15, -0.1) is 35.3 Å². The Labute approximate surface area is 207 Å². The van der Waals surface area contributed by atoms with E-state index in [1.165, 1.54) is 16.8 Å². The number of aliphatic imine (C=N–C) groups is 1. The van der Waals surface area contributed by atoms with Crippen LogP contribution in [-0.4, -0.2) is 42.3 Å². The molecule has 0 radical (unpaired) electrons. The summed E-state index contributed by atoms with van der Waals surface area (Å²) in [6.45, 7) is 0.652. The quantitative estimate of drug-likeness (QED) is 0.141. The Morgan fingerprint density at radius 2 is 1.91 bits per heavy atom. The second-order valence-corrected chi connectivity index (χ2v) is 7.90. The fraction of sp³-hybridized carbons (Fsp3) is 0.364. The topological polar surface area (TPSA) is 78.8 Å². The van der Waals surface area contributed by atoms with Gasteiger partial charge >= 0.3 is 6.61 Å². The third kappa shape index (κ3) is 8.14. The maximum atomic E-state index is 12.2. The second kappa shape index (κ2) is 13.5. The van der Waals surface area contributed by atoms with Crippen LogP contribution >= 0.6 is 35.3 Å². The van der Waals surface area contributed by atoms with Crippen LogP contribution in [0.3, 0.4) is 0 Å². The Morgan fingerprint density at radius 3 is 2.59 bits per heavy atom. The van der Waals surface area contributed by atoms with Crippen molar-refractivity contribution in [1.82, 2.24) is 15.6 Å². The number of nitrogens with zero attached hydrogens (tertiary/aromatic N) is 2. The van der Waals surface area contributed by atoms with E-state index in [1.54, 1.807) is 23.5 Å². The van der Waals surface area contributed by atoms with Gasteiger partial charge in [0.15, 0.2) is 5.96 Å². The summed E-state index contributed by atoms with van der Waals surface area (Å²) in [7, 11) is 0. The number of ether oxygens (including phenoxy) is 1. The summed E-state index contributed by atoms with van der Waals surface area (Å²) in [6, 6.07) is 14.0. The minimum absolute atomic E-state index is 0. The van der Waals surface area contributed by atoms with E-state index in [0.717, 1.165) is 29.9 Å². The number of halogens is 3. The van der Waals surface area contributed by atoms with E-state index < -0.39 is 12.7 Å². The lowest BCUT2D eigenvalue weighted by Gasteiger charge is -2.13. The van der Waals surface area contributed by atoms with Crippen molar-refractivity contribution in [1.29, 1.82) is 0 Å². The molecule has 2 aromatic carbocycles. The largest absolute Gasteiger partial charge is 0.435 e. The zero-order valence-corrected chi connectivity index (χ0v) is 20.8. The first kappa shape index (κ1) is 26.2. The lowest BCUT2D eigenvalue weighted by atomic mass is 10.1. The Hall–Kier alpha value is -2.05. The minimum atomic E-state index is -2.87. The molecule has 10 heteroatoms. The smallest absolute Gasteiger partial charge is 0.387 e. The van der Waals surface area contributed by atoms with Gasteiger partial charge in [0.25, 0.3) is 0 Å². The molecule has 0 aliphatic heterocycles. The number of hydrogen-bond acceptors (Lipinski definition) is 5. The fourth-order valence-corrected chi connectivity index (χ4v) is 3.98. The van der Waals surface area contributed by atoms with Crippen LogP contribution in [-0.2, 0) is 6.42 Å². The Kier molecular flexibility index (Phi) is 11.0. The van der Waals surface area contributed by atoms with Crippen LogP contribution in [0.5, 0.6) is 5.75 Å². The molecule has 174 valence electrons. The predicted molar refractivity (Wildman–Crippen MR) is 135 cm³/mol. The zero-order chi connectivity index (χ0) is 22.1. The lowest BCUT2D eigenvalue weighted by molar-refractivity contribution is -0.0498. The highest BCUT2D eigenvalue weighted by Gasteiger charge is 2.10. The molecule has 1 unspecified atom stereocenters. The zero-order valence-electron chi connectivity index (χ0n) is 17.6. The number of aliphatic hydroxyl groups is 1. The summed E-state index contributed by atoms with van der Waals surface area (Å²) in [4.78, 5) is 9.06. The van der Waals surface area contributed by atoms with Crippen LogP contribution in [0.4, 0.5) is 8.78 Å². The van der Waals surface area contributed by atoms with Crippen molar-refractivity contribution in [3.63, 3.8) is 0 Å². The van der Waals surface area contributed by atoms with E-state index in [1.807, 2.05) is 25.1 Å². The van der Waals surface area contributed by atoms with Crippen molar-refractivity contribution >= 4 is 51.5 Å². The maximum absolute atomic E-state index is 12.2. The highest BCUT2D eigenvalue weighted by molar-refractivity contribution is 14.0. The van der Waals surface area contributed by atoms with Crippen molar-refractivity contribution in [2.24, 2.45) is 4.99 Å². The monoisotopic (exact) mass is 576 g/mol. The molecule has 0 saturated carbocycles. The van der Waals surface area contributed by atoms with Crippen LogP contribution in [0.15, 0.2) is 53.5 Å². The third-order valence-corrected chi connectivity index (χ3v) is 5.55. The summed E-state index contributed by atoms with van der Waals surface area (Å²) in [5, 5.41) is 17.9. The first-order chi connectivity index (χ1) is 15.0. The first-order valence-corrected chi connectivity index (χ1v) is 11.0. The molecule has 0 amide bonds. The van der Waals surface area contributed by atoms with Crippen LogP contribution in [0.2, 0.25) is 0 Å². The number of para-hydroxylation sites is 1. The number of fused-ring (bicyclic) bond motifs is 1. The van der Waals surface area contributed by atoms with Crippen molar-refractivity contribution in [2.45, 2.75) is 32.5 Å². The van der Waals surface area contributed by atoms with Gasteiger partial charge < -0.3 is 20.5 Å². The van der Waals surface area contributed by atoms with E-state index in [2.05, 4.69) is 31.4 Å². The Bertz CT molecular complexity index is 952. The highest BCUT2D eigenvalue weighted by atomic mass is 127. The summed E-state index contributed by atoms with van der Waals surface area (Å²) < 4.78 is 30.0. The Morgan fingerprint density at radius 1 is 1.16 bits per heavy atom. The van der Waals surface area contributed by atoms with Gasteiger partial charge in [-0.2, -0.15) is 8.78 Å². The number of thiazole rings is 1. The molecule has 3 N–H and O–H groups in total. The fourth-order valence-electron chi connectivity index (χ4n) is 2.97. The summed E-state index contributed by atoms with van der Waals surface area (Å²) in [5.41, 5.74) is 1.62. The van der Waals surface area contributed by atoms with Gasteiger partial charge in [-0.1, -0.05) is 24.3 Å². The molecule has 0 spiro atoms. The molecule has 0 aliphatic rings.